The zero-order chi connectivity index (χ0) is 16.4. The largest absolute Gasteiger partial charge is 0.494 e. The molecule has 1 unspecified atom stereocenters. The average Bonchev–Trinajstić information content (AvgIpc) is 2.54. The highest BCUT2D eigenvalue weighted by Crippen LogP contribution is 2.14. The molecule has 0 heterocycles. The molecule has 1 atom stereocenters. The van der Waals surface area contributed by atoms with E-state index in [0.717, 1.165) is 11.3 Å². The van der Waals surface area contributed by atoms with Crippen molar-refractivity contribution in [2.75, 3.05) is 13.2 Å². The lowest BCUT2D eigenvalue weighted by Crippen LogP contribution is -2.27. The van der Waals surface area contributed by atoms with Crippen LogP contribution in [0.25, 0.3) is 6.08 Å². The zero-order valence-corrected chi connectivity index (χ0v) is 13.0. The molecule has 1 amide bonds. The number of benzene rings is 1. The summed E-state index contributed by atoms with van der Waals surface area (Å²) in [5.41, 5.74) is 0.791. The quantitative estimate of drug-likeness (QED) is 0.570. The van der Waals surface area contributed by atoms with E-state index in [1.165, 1.54) is 6.08 Å². The van der Waals surface area contributed by atoms with Crippen molar-refractivity contribution in [2.24, 2.45) is 0 Å². The molecule has 0 saturated carbocycles. The van der Waals surface area contributed by atoms with Crippen LogP contribution < -0.4 is 10.1 Å². The number of aliphatic hydroxyl groups excluding tert-OH is 1. The predicted molar refractivity (Wildman–Crippen MR) is 85.1 cm³/mol. The van der Waals surface area contributed by atoms with E-state index in [1.54, 1.807) is 24.3 Å². The number of ether oxygens (including phenoxy) is 1. The Balaban J connectivity index is 2.65. The second kappa shape index (κ2) is 9.59. The Kier molecular flexibility index (Phi) is 7.73. The molecule has 1 rings (SSSR count). The third-order valence-electron chi connectivity index (χ3n) is 3.10. The van der Waals surface area contributed by atoms with Crippen molar-refractivity contribution in [3.05, 3.63) is 35.4 Å². The van der Waals surface area contributed by atoms with Crippen LogP contribution in [0, 0.1) is 11.3 Å². The van der Waals surface area contributed by atoms with Crippen LogP contribution in [0.5, 0.6) is 5.75 Å². The molecule has 0 fully saturated rings. The summed E-state index contributed by atoms with van der Waals surface area (Å²) in [6, 6.07) is 9.06. The Bertz CT molecular complexity index is 544. The van der Waals surface area contributed by atoms with Crippen LogP contribution >= 0.6 is 0 Å². The van der Waals surface area contributed by atoms with E-state index in [9.17, 15) is 9.90 Å². The van der Waals surface area contributed by atoms with Gasteiger partial charge in [0.1, 0.15) is 17.4 Å². The van der Waals surface area contributed by atoms with Gasteiger partial charge in [-0.3, -0.25) is 4.79 Å². The van der Waals surface area contributed by atoms with Gasteiger partial charge in [-0.2, -0.15) is 5.26 Å². The molecule has 0 bridgehead atoms. The fraction of sp³-hybridized carbons (Fsp3) is 0.412. The van der Waals surface area contributed by atoms with Gasteiger partial charge in [-0.1, -0.05) is 19.1 Å². The lowest BCUT2D eigenvalue weighted by atomic mass is 10.1. The van der Waals surface area contributed by atoms with Crippen molar-refractivity contribution in [3.8, 4) is 11.8 Å². The summed E-state index contributed by atoms with van der Waals surface area (Å²) in [5.74, 6) is 0.316. The molecule has 1 aromatic rings. The van der Waals surface area contributed by atoms with Gasteiger partial charge in [0, 0.05) is 6.54 Å². The number of aliphatic hydroxyl groups is 1. The average molecular weight is 302 g/mol. The number of carbonyl (C=O) groups excluding carboxylic acids is 1. The monoisotopic (exact) mass is 302 g/mol. The third kappa shape index (κ3) is 5.98. The molecule has 22 heavy (non-hydrogen) atoms. The molecule has 5 heteroatoms. The van der Waals surface area contributed by atoms with Crippen LogP contribution in [0.15, 0.2) is 29.8 Å². The normalized spacial score (nSPS) is 12.4. The Labute approximate surface area is 131 Å². The minimum Gasteiger partial charge on any atom is -0.494 e. The summed E-state index contributed by atoms with van der Waals surface area (Å²) in [6.07, 6.45) is 2.22. The van der Waals surface area contributed by atoms with Crippen molar-refractivity contribution >= 4 is 12.0 Å². The van der Waals surface area contributed by atoms with E-state index in [4.69, 9.17) is 10.00 Å². The van der Waals surface area contributed by atoms with Crippen molar-refractivity contribution < 1.29 is 14.6 Å². The molecule has 0 radical (unpaired) electrons. The van der Waals surface area contributed by atoms with Gasteiger partial charge < -0.3 is 15.2 Å². The zero-order valence-electron chi connectivity index (χ0n) is 13.0. The smallest absolute Gasteiger partial charge is 0.261 e. The lowest BCUT2D eigenvalue weighted by molar-refractivity contribution is -0.117. The Hall–Kier alpha value is -2.32. The van der Waals surface area contributed by atoms with Crippen molar-refractivity contribution in [3.63, 3.8) is 0 Å². The van der Waals surface area contributed by atoms with E-state index >= 15 is 0 Å². The molecule has 0 aromatic heterocycles. The molecule has 5 nitrogen and oxygen atoms in total. The first-order chi connectivity index (χ1) is 10.6. The van der Waals surface area contributed by atoms with Crippen LogP contribution in [0.1, 0.15) is 32.3 Å². The number of hydrogen-bond acceptors (Lipinski definition) is 4. The maximum absolute atomic E-state index is 11.9. The summed E-state index contributed by atoms with van der Waals surface area (Å²) in [5, 5.41) is 21.2. The number of rotatable bonds is 8. The van der Waals surface area contributed by atoms with E-state index in [-0.39, 0.29) is 5.57 Å². The molecule has 0 aliphatic carbocycles. The first kappa shape index (κ1) is 17.7. The van der Waals surface area contributed by atoms with Gasteiger partial charge >= 0.3 is 0 Å². The summed E-state index contributed by atoms with van der Waals surface area (Å²) in [6.45, 7) is 4.71. The molecule has 0 saturated heterocycles. The predicted octanol–water partition coefficient (Wildman–Crippen LogP) is 2.27. The second-order valence-electron chi connectivity index (χ2n) is 4.78. The number of hydrogen-bond donors (Lipinski definition) is 2. The van der Waals surface area contributed by atoms with Gasteiger partial charge in [0.15, 0.2) is 0 Å². The highest BCUT2D eigenvalue weighted by molar-refractivity contribution is 6.01. The molecule has 118 valence electrons. The standard InChI is InChI=1S/C17H22N2O3/c1-3-15(20)9-10-19-17(21)14(12-18)11-13-5-7-16(8-6-13)22-4-2/h5-8,11,15,20H,3-4,9-10H2,1-2H3,(H,19,21)/b14-11-. The van der Waals surface area contributed by atoms with Crippen molar-refractivity contribution in [1.82, 2.24) is 5.32 Å². The minimum absolute atomic E-state index is 0.0372. The van der Waals surface area contributed by atoms with Gasteiger partial charge in [-0.05, 0) is 43.5 Å². The van der Waals surface area contributed by atoms with Crippen LogP contribution in [0.4, 0.5) is 0 Å². The molecular weight excluding hydrogens is 280 g/mol. The SMILES string of the molecule is CCOc1ccc(/C=C(/C#N)C(=O)NCCC(O)CC)cc1. The number of amides is 1. The maximum Gasteiger partial charge on any atom is 0.261 e. The molecule has 2 N–H and O–H groups in total. The Morgan fingerprint density at radius 3 is 2.64 bits per heavy atom. The first-order valence-corrected chi connectivity index (χ1v) is 7.41. The van der Waals surface area contributed by atoms with Crippen LogP contribution in [0.3, 0.4) is 0 Å². The van der Waals surface area contributed by atoms with Gasteiger partial charge in [0.2, 0.25) is 0 Å². The highest BCUT2D eigenvalue weighted by atomic mass is 16.5. The topological polar surface area (TPSA) is 82.3 Å². The molecule has 0 aliphatic heterocycles. The fourth-order valence-electron chi connectivity index (χ4n) is 1.79. The van der Waals surface area contributed by atoms with E-state index in [0.29, 0.717) is 26.0 Å². The van der Waals surface area contributed by atoms with E-state index in [1.807, 2.05) is 19.9 Å². The molecule has 1 aromatic carbocycles. The first-order valence-electron chi connectivity index (χ1n) is 7.41. The van der Waals surface area contributed by atoms with Gasteiger partial charge in [0.05, 0.1) is 12.7 Å². The lowest BCUT2D eigenvalue weighted by Gasteiger charge is -2.08. The second-order valence-corrected chi connectivity index (χ2v) is 4.78. The van der Waals surface area contributed by atoms with Gasteiger partial charge in [0.25, 0.3) is 5.91 Å². The van der Waals surface area contributed by atoms with Crippen molar-refractivity contribution in [2.45, 2.75) is 32.8 Å². The minimum atomic E-state index is -0.431. The molecular formula is C17H22N2O3. The van der Waals surface area contributed by atoms with Gasteiger partial charge in [-0.15, -0.1) is 0 Å². The van der Waals surface area contributed by atoms with Crippen LogP contribution in [-0.2, 0) is 4.79 Å². The number of nitrogens with zero attached hydrogens (tertiary/aromatic N) is 1. The number of nitrogens with one attached hydrogen (secondary N) is 1. The summed E-state index contributed by atoms with van der Waals surface area (Å²) >= 11 is 0. The summed E-state index contributed by atoms with van der Waals surface area (Å²) < 4.78 is 5.34. The van der Waals surface area contributed by atoms with Crippen LogP contribution in [-0.4, -0.2) is 30.3 Å². The van der Waals surface area contributed by atoms with E-state index < -0.39 is 12.0 Å². The van der Waals surface area contributed by atoms with Gasteiger partial charge in [-0.25, -0.2) is 0 Å². The Morgan fingerprint density at radius 1 is 1.41 bits per heavy atom. The fourth-order valence-corrected chi connectivity index (χ4v) is 1.79. The maximum atomic E-state index is 11.9. The number of nitriles is 1. The van der Waals surface area contributed by atoms with Crippen molar-refractivity contribution in [1.29, 1.82) is 5.26 Å². The highest BCUT2D eigenvalue weighted by Gasteiger charge is 2.09. The van der Waals surface area contributed by atoms with Crippen LogP contribution in [0.2, 0.25) is 0 Å². The third-order valence-corrected chi connectivity index (χ3v) is 3.10. The summed E-state index contributed by atoms with van der Waals surface area (Å²) in [4.78, 5) is 11.9. The Morgan fingerprint density at radius 2 is 2.09 bits per heavy atom. The van der Waals surface area contributed by atoms with E-state index in [2.05, 4.69) is 5.32 Å². The summed E-state index contributed by atoms with van der Waals surface area (Å²) in [7, 11) is 0. The molecule has 0 spiro atoms. The number of carbonyl (C=O) groups is 1. The molecule has 0 aliphatic rings.